The smallest absolute Gasteiger partial charge is 0.291 e. The van der Waals surface area contributed by atoms with E-state index in [1.54, 1.807) is 6.07 Å². The van der Waals surface area contributed by atoms with Crippen LogP contribution in [-0.4, -0.2) is 21.4 Å². The summed E-state index contributed by atoms with van der Waals surface area (Å²) in [5.41, 5.74) is 0.285. The average molecular weight is 441 g/mol. The lowest BCUT2D eigenvalue weighted by Crippen LogP contribution is -2.17. The lowest BCUT2D eigenvalue weighted by atomic mass is 10.2. The minimum absolute atomic E-state index is 0.0655. The Hall–Kier alpha value is -2.68. The van der Waals surface area contributed by atoms with Gasteiger partial charge in [-0.3, -0.25) is 9.52 Å². The number of carbonyl (C=O) groups is 1. The van der Waals surface area contributed by atoms with Crippen molar-refractivity contribution in [2.75, 3.05) is 17.1 Å². The molecule has 1 amide bonds. The molecule has 0 atom stereocenters. The molecule has 0 saturated carbocycles. The highest BCUT2D eigenvalue weighted by molar-refractivity contribution is 7.92. The van der Waals surface area contributed by atoms with E-state index >= 15 is 0 Å². The van der Waals surface area contributed by atoms with E-state index in [1.807, 2.05) is 0 Å². The number of carbonyl (C=O) groups excluding carboxylic acids is 1. The molecule has 28 heavy (non-hydrogen) atoms. The van der Waals surface area contributed by atoms with Crippen LogP contribution in [0.2, 0.25) is 10.0 Å². The van der Waals surface area contributed by atoms with Gasteiger partial charge in [0.15, 0.2) is 5.76 Å². The van der Waals surface area contributed by atoms with Crippen LogP contribution in [0.15, 0.2) is 64.1 Å². The van der Waals surface area contributed by atoms with Crippen LogP contribution in [0, 0.1) is 0 Å². The zero-order valence-electron chi connectivity index (χ0n) is 14.4. The van der Waals surface area contributed by atoms with E-state index in [0.717, 1.165) is 0 Å². The fraction of sp³-hybridized carbons (Fsp3) is 0.0556. The molecule has 2 N–H and O–H groups in total. The van der Waals surface area contributed by atoms with E-state index in [0.29, 0.717) is 10.8 Å². The Morgan fingerprint density at radius 3 is 2.50 bits per heavy atom. The van der Waals surface area contributed by atoms with E-state index in [9.17, 15) is 13.2 Å². The third-order valence-electron chi connectivity index (χ3n) is 3.65. The summed E-state index contributed by atoms with van der Waals surface area (Å²) in [5.74, 6) is -0.144. The van der Waals surface area contributed by atoms with Crippen molar-refractivity contribution in [3.8, 4) is 5.75 Å². The second kappa shape index (κ2) is 8.14. The van der Waals surface area contributed by atoms with Gasteiger partial charge in [-0.25, -0.2) is 8.42 Å². The van der Waals surface area contributed by atoms with Crippen molar-refractivity contribution in [2.45, 2.75) is 4.90 Å². The summed E-state index contributed by atoms with van der Waals surface area (Å²) < 4.78 is 37.9. The van der Waals surface area contributed by atoms with Gasteiger partial charge in [-0.05, 0) is 48.5 Å². The van der Waals surface area contributed by atoms with Gasteiger partial charge >= 0.3 is 0 Å². The van der Waals surface area contributed by atoms with Crippen LogP contribution in [0.25, 0.3) is 0 Å². The molecule has 0 aliphatic carbocycles. The van der Waals surface area contributed by atoms with Crippen LogP contribution >= 0.6 is 23.2 Å². The largest absolute Gasteiger partial charge is 0.495 e. The van der Waals surface area contributed by atoms with Gasteiger partial charge in [0.25, 0.3) is 15.9 Å². The van der Waals surface area contributed by atoms with E-state index < -0.39 is 15.9 Å². The number of anilines is 2. The van der Waals surface area contributed by atoms with Crippen LogP contribution in [0.5, 0.6) is 5.75 Å². The van der Waals surface area contributed by atoms with Gasteiger partial charge in [-0.15, -0.1) is 0 Å². The van der Waals surface area contributed by atoms with E-state index in [4.69, 9.17) is 32.4 Å². The van der Waals surface area contributed by atoms with Crippen molar-refractivity contribution in [3.63, 3.8) is 0 Å². The lowest BCUT2D eigenvalue weighted by molar-refractivity contribution is 0.0996. The van der Waals surface area contributed by atoms with Gasteiger partial charge < -0.3 is 14.5 Å². The summed E-state index contributed by atoms with van der Waals surface area (Å²) in [6.07, 6.45) is 1.35. The average Bonchev–Trinajstić information content (AvgIpc) is 3.18. The lowest BCUT2D eigenvalue weighted by Gasteiger charge is -2.14. The van der Waals surface area contributed by atoms with Crippen molar-refractivity contribution in [1.29, 1.82) is 0 Å². The van der Waals surface area contributed by atoms with E-state index in [1.165, 1.54) is 55.8 Å². The first kappa shape index (κ1) is 20.1. The number of nitrogens with one attached hydrogen (secondary N) is 2. The number of methoxy groups -OCH3 is 1. The molecule has 1 aromatic heterocycles. The molecule has 1 heterocycles. The molecule has 2 aromatic carbocycles. The number of halogens is 2. The molecular formula is C18H14Cl2N2O5S. The maximum absolute atomic E-state index is 12.7. The number of rotatable bonds is 6. The van der Waals surface area contributed by atoms with Crippen LogP contribution in [-0.2, 0) is 10.0 Å². The number of ether oxygens (including phenoxy) is 1. The molecule has 0 fully saturated rings. The molecule has 146 valence electrons. The zero-order valence-corrected chi connectivity index (χ0v) is 16.7. The summed E-state index contributed by atoms with van der Waals surface area (Å²) in [5, 5.41) is 3.02. The molecule has 0 aliphatic rings. The number of amides is 1. The zero-order chi connectivity index (χ0) is 20.3. The molecule has 3 aromatic rings. The number of hydrogen-bond acceptors (Lipinski definition) is 5. The van der Waals surface area contributed by atoms with Crippen LogP contribution in [0.1, 0.15) is 10.6 Å². The minimum atomic E-state index is -3.99. The summed E-state index contributed by atoms with van der Waals surface area (Å²) in [7, 11) is -2.57. The summed E-state index contributed by atoms with van der Waals surface area (Å²) in [6, 6.07) is 11.4. The fourth-order valence-corrected chi connectivity index (χ4v) is 3.92. The normalized spacial score (nSPS) is 11.1. The van der Waals surface area contributed by atoms with Gasteiger partial charge in [-0.1, -0.05) is 23.2 Å². The van der Waals surface area contributed by atoms with Gasteiger partial charge in [0.2, 0.25) is 0 Å². The maximum Gasteiger partial charge on any atom is 0.291 e. The molecular weight excluding hydrogens is 427 g/mol. The fourth-order valence-electron chi connectivity index (χ4n) is 2.32. The molecule has 7 nitrogen and oxygen atoms in total. The van der Waals surface area contributed by atoms with E-state index in [2.05, 4.69) is 10.0 Å². The minimum Gasteiger partial charge on any atom is -0.495 e. The maximum atomic E-state index is 12.7. The van der Waals surface area contributed by atoms with Crippen molar-refractivity contribution in [2.24, 2.45) is 0 Å². The summed E-state index contributed by atoms with van der Waals surface area (Å²) >= 11 is 12.0. The van der Waals surface area contributed by atoms with Gasteiger partial charge in [-0.2, -0.15) is 0 Å². The second-order valence-electron chi connectivity index (χ2n) is 5.52. The Labute approximate surface area is 171 Å². The Morgan fingerprint density at radius 2 is 1.86 bits per heavy atom. The Morgan fingerprint density at radius 1 is 1.07 bits per heavy atom. The molecule has 0 aliphatic heterocycles. The SMILES string of the molecule is COc1ccc(S(=O)(=O)Nc2ccc(Cl)cc2NC(=O)c2ccco2)cc1Cl. The standard InChI is InChI=1S/C18H14Cl2N2O5S/c1-26-16-7-5-12(10-13(16)20)28(24,25)22-14-6-4-11(19)9-15(14)21-18(23)17-3-2-8-27-17/h2-10,22H,1H3,(H,21,23). The van der Waals surface area contributed by atoms with E-state index in [-0.39, 0.29) is 27.1 Å². The van der Waals surface area contributed by atoms with Crippen molar-refractivity contribution in [1.82, 2.24) is 0 Å². The highest BCUT2D eigenvalue weighted by Gasteiger charge is 2.19. The Kier molecular flexibility index (Phi) is 5.83. The van der Waals surface area contributed by atoms with Gasteiger partial charge in [0.1, 0.15) is 5.75 Å². The molecule has 0 unspecified atom stereocenters. The van der Waals surface area contributed by atoms with Crippen LogP contribution < -0.4 is 14.8 Å². The quantitative estimate of drug-likeness (QED) is 0.581. The first-order valence-electron chi connectivity index (χ1n) is 7.81. The molecule has 0 radical (unpaired) electrons. The van der Waals surface area contributed by atoms with Crippen molar-refractivity contribution >= 4 is 50.5 Å². The predicted molar refractivity (Wildman–Crippen MR) is 107 cm³/mol. The Balaban J connectivity index is 1.91. The van der Waals surface area contributed by atoms with Crippen molar-refractivity contribution in [3.05, 3.63) is 70.6 Å². The third kappa shape index (κ3) is 4.41. The van der Waals surface area contributed by atoms with Crippen LogP contribution in [0.4, 0.5) is 11.4 Å². The first-order chi connectivity index (χ1) is 13.3. The molecule has 10 heteroatoms. The summed E-state index contributed by atoms with van der Waals surface area (Å²) in [6.45, 7) is 0. The van der Waals surface area contributed by atoms with Crippen molar-refractivity contribution < 1.29 is 22.4 Å². The predicted octanol–water partition coefficient (Wildman–Crippen LogP) is 4.65. The van der Waals surface area contributed by atoms with Crippen LogP contribution in [0.3, 0.4) is 0 Å². The monoisotopic (exact) mass is 440 g/mol. The molecule has 0 spiro atoms. The molecule has 3 rings (SSSR count). The molecule has 0 saturated heterocycles. The number of hydrogen-bond donors (Lipinski definition) is 2. The molecule has 0 bridgehead atoms. The highest BCUT2D eigenvalue weighted by atomic mass is 35.5. The van der Waals surface area contributed by atoms with Gasteiger partial charge in [0, 0.05) is 5.02 Å². The number of sulfonamides is 1. The van der Waals surface area contributed by atoms with Gasteiger partial charge in [0.05, 0.1) is 34.7 Å². The first-order valence-corrected chi connectivity index (χ1v) is 10.0. The third-order valence-corrected chi connectivity index (χ3v) is 5.55. The highest BCUT2D eigenvalue weighted by Crippen LogP contribution is 2.31. The number of furan rings is 1. The Bertz CT molecular complexity index is 1120. The topological polar surface area (TPSA) is 97.6 Å². The summed E-state index contributed by atoms with van der Waals surface area (Å²) in [4.78, 5) is 12.2. The second-order valence-corrected chi connectivity index (χ2v) is 8.05. The number of benzene rings is 2.